The van der Waals surface area contributed by atoms with Crippen LogP contribution in [0.1, 0.15) is 35.2 Å². The van der Waals surface area contributed by atoms with Gasteiger partial charge in [-0.2, -0.15) is 0 Å². The van der Waals surface area contributed by atoms with Gasteiger partial charge in [-0.05, 0) is 66.3 Å². The minimum Gasteiger partial charge on any atom is -0.393 e. The Morgan fingerprint density at radius 3 is 2.94 bits per heavy atom. The normalized spacial score (nSPS) is 23.1. The Morgan fingerprint density at radius 1 is 1.50 bits per heavy atom. The second kappa shape index (κ2) is 6.02. The van der Waals surface area contributed by atoms with Crippen molar-refractivity contribution in [3.8, 4) is 0 Å². The number of carbonyl (C=O) groups is 1. The third-order valence-electron chi connectivity index (χ3n) is 3.50. The maximum Gasteiger partial charge on any atom is 0.252 e. The Balaban J connectivity index is 1.94. The lowest BCUT2D eigenvalue weighted by Gasteiger charge is -2.12. The SMILES string of the molecule is Cc1cccc(C(=O)NCC2CCC(O)C2)c1I. The van der Waals surface area contributed by atoms with Crippen LogP contribution in [0.15, 0.2) is 18.2 Å². The van der Waals surface area contributed by atoms with E-state index < -0.39 is 0 Å². The monoisotopic (exact) mass is 359 g/mol. The van der Waals surface area contributed by atoms with Crippen molar-refractivity contribution in [3.63, 3.8) is 0 Å². The van der Waals surface area contributed by atoms with Crippen LogP contribution in [-0.4, -0.2) is 23.7 Å². The van der Waals surface area contributed by atoms with Gasteiger partial charge < -0.3 is 10.4 Å². The summed E-state index contributed by atoms with van der Waals surface area (Å²) in [4.78, 5) is 12.1. The van der Waals surface area contributed by atoms with Crippen LogP contribution in [-0.2, 0) is 0 Å². The lowest BCUT2D eigenvalue weighted by atomic mass is 10.1. The van der Waals surface area contributed by atoms with Crippen molar-refractivity contribution in [2.24, 2.45) is 5.92 Å². The molecule has 1 aliphatic carbocycles. The zero-order valence-electron chi connectivity index (χ0n) is 10.4. The summed E-state index contributed by atoms with van der Waals surface area (Å²) in [5.41, 5.74) is 1.87. The van der Waals surface area contributed by atoms with Crippen molar-refractivity contribution in [2.75, 3.05) is 6.54 Å². The molecule has 1 aliphatic rings. The van der Waals surface area contributed by atoms with Gasteiger partial charge in [-0.1, -0.05) is 12.1 Å². The molecule has 1 aromatic carbocycles. The zero-order valence-corrected chi connectivity index (χ0v) is 12.6. The highest BCUT2D eigenvalue weighted by atomic mass is 127. The highest BCUT2D eigenvalue weighted by Gasteiger charge is 2.23. The first-order valence-electron chi connectivity index (χ1n) is 6.29. The molecule has 0 spiro atoms. The van der Waals surface area contributed by atoms with Crippen molar-refractivity contribution >= 4 is 28.5 Å². The van der Waals surface area contributed by atoms with E-state index in [2.05, 4.69) is 27.9 Å². The molecule has 2 N–H and O–H groups in total. The van der Waals surface area contributed by atoms with Crippen molar-refractivity contribution in [1.29, 1.82) is 0 Å². The molecular formula is C14H18INO2. The van der Waals surface area contributed by atoms with Crippen LogP contribution < -0.4 is 5.32 Å². The van der Waals surface area contributed by atoms with Gasteiger partial charge in [-0.15, -0.1) is 0 Å². The number of benzene rings is 1. The number of halogens is 1. The van der Waals surface area contributed by atoms with Crippen molar-refractivity contribution in [1.82, 2.24) is 5.32 Å². The minimum absolute atomic E-state index is 0.00973. The number of carbonyl (C=O) groups excluding carboxylic acids is 1. The highest BCUT2D eigenvalue weighted by Crippen LogP contribution is 2.24. The molecule has 4 heteroatoms. The predicted octanol–water partition coefficient (Wildman–Crippen LogP) is 2.49. The minimum atomic E-state index is -0.175. The molecular weight excluding hydrogens is 341 g/mol. The molecule has 0 radical (unpaired) electrons. The first-order chi connectivity index (χ1) is 8.58. The van der Waals surface area contributed by atoms with Crippen LogP contribution >= 0.6 is 22.6 Å². The Morgan fingerprint density at radius 2 is 2.28 bits per heavy atom. The van der Waals surface area contributed by atoms with Gasteiger partial charge >= 0.3 is 0 Å². The van der Waals surface area contributed by atoms with Crippen LogP contribution in [0, 0.1) is 16.4 Å². The molecule has 1 aromatic rings. The van der Waals surface area contributed by atoms with Crippen LogP contribution in [0.2, 0.25) is 0 Å². The molecule has 2 rings (SSSR count). The first-order valence-corrected chi connectivity index (χ1v) is 7.37. The van der Waals surface area contributed by atoms with E-state index in [-0.39, 0.29) is 12.0 Å². The Labute approximate surface area is 121 Å². The van der Waals surface area contributed by atoms with Crippen molar-refractivity contribution in [2.45, 2.75) is 32.3 Å². The average Bonchev–Trinajstić information content (AvgIpc) is 2.76. The second-order valence-corrected chi connectivity index (χ2v) is 6.06. The molecule has 0 saturated heterocycles. The van der Waals surface area contributed by atoms with Gasteiger partial charge in [0.2, 0.25) is 0 Å². The van der Waals surface area contributed by atoms with E-state index in [1.807, 2.05) is 25.1 Å². The van der Waals surface area contributed by atoms with E-state index >= 15 is 0 Å². The summed E-state index contributed by atoms with van der Waals surface area (Å²) < 4.78 is 1.01. The van der Waals surface area contributed by atoms with E-state index in [9.17, 15) is 9.90 Å². The van der Waals surface area contributed by atoms with Crippen molar-refractivity contribution in [3.05, 3.63) is 32.9 Å². The predicted molar refractivity (Wildman–Crippen MR) is 79.6 cm³/mol. The number of rotatable bonds is 3. The number of aliphatic hydroxyl groups excluding tert-OH is 1. The molecule has 3 nitrogen and oxygen atoms in total. The zero-order chi connectivity index (χ0) is 13.1. The third kappa shape index (κ3) is 3.23. The maximum atomic E-state index is 12.1. The summed E-state index contributed by atoms with van der Waals surface area (Å²) in [5.74, 6) is 0.413. The summed E-state index contributed by atoms with van der Waals surface area (Å²) >= 11 is 2.21. The standard InChI is InChI=1S/C14H18INO2/c1-9-3-2-4-12(13(9)15)14(18)16-8-10-5-6-11(17)7-10/h2-4,10-11,17H,5-8H2,1H3,(H,16,18). The molecule has 0 bridgehead atoms. The van der Waals surface area contributed by atoms with Gasteiger partial charge in [-0.3, -0.25) is 4.79 Å². The summed E-state index contributed by atoms with van der Waals surface area (Å²) in [7, 11) is 0. The van der Waals surface area contributed by atoms with Gasteiger partial charge in [-0.25, -0.2) is 0 Å². The van der Waals surface area contributed by atoms with Crippen LogP contribution in [0.25, 0.3) is 0 Å². The summed E-state index contributed by atoms with van der Waals surface area (Å²) in [6.45, 7) is 2.67. The molecule has 2 unspecified atom stereocenters. The maximum absolute atomic E-state index is 12.1. The lowest BCUT2D eigenvalue weighted by molar-refractivity contribution is 0.0944. The fraction of sp³-hybridized carbons (Fsp3) is 0.500. The van der Waals surface area contributed by atoms with Crippen molar-refractivity contribution < 1.29 is 9.90 Å². The van der Waals surface area contributed by atoms with Gasteiger partial charge in [0.05, 0.1) is 11.7 Å². The quantitative estimate of drug-likeness (QED) is 0.815. The van der Waals surface area contributed by atoms with E-state index in [0.717, 1.165) is 34.0 Å². The largest absolute Gasteiger partial charge is 0.393 e. The topological polar surface area (TPSA) is 49.3 Å². The first kappa shape index (κ1) is 13.8. The smallest absolute Gasteiger partial charge is 0.252 e. The van der Waals surface area contributed by atoms with Crippen LogP contribution in [0.5, 0.6) is 0 Å². The number of aliphatic hydroxyl groups is 1. The van der Waals surface area contributed by atoms with Crippen LogP contribution in [0.4, 0.5) is 0 Å². The van der Waals surface area contributed by atoms with Gasteiger partial charge in [0.15, 0.2) is 0 Å². The summed E-state index contributed by atoms with van der Waals surface area (Å²) in [5, 5.41) is 12.4. The molecule has 2 atom stereocenters. The van der Waals surface area contributed by atoms with E-state index in [1.54, 1.807) is 0 Å². The highest BCUT2D eigenvalue weighted by molar-refractivity contribution is 14.1. The number of nitrogens with one attached hydrogen (secondary N) is 1. The lowest BCUT2D eigenvalue weighted by Crippen LogP contribution is -2.29. The second-order valence-electron chi connectivity index (χ2n) is 4.98. The number of amides is 1. The number of hydrogen-bond donors (Lipinski definition) is 2. The molecule has 0 aromatic heterocycles. The Hall–Kier alpha value is -0.620. The molecule has 18 heavy (non-hydrogen) atoms. The molecule has 1 fully saturated rings. The molecule has 1 amide bonds. The van der Waals surface area contributed by atoms with Gasteiger partial charge in [0, 0.05) is 10.1 Å². The molecule has 1 saturated carbocycles. The average molecular weight is 359 g/mol. The van der Waals surface area contributed by atoms with Gasteiger partial charge in [0.25, 0.3) is 5.91 Å². The molecule has 98 valence electrons. The molecule has 0 heterocycles. The fourth-order valence-corrected chi connectivity index (χ4v) is 2.99. The van der Waals surface area contributed by atoms with E-state index in [0.29, 0.717) is 12.5 Å². The van der Waals surface area contributed by atoms with E-state index in [1.165, 1.54) is 0 Å². The molecule has 0 aliphatic heterocycles. The third-order valence-corrected chi connectivity index (χ3v) is 4.93. The van der Waals surface area contributed by atoms with E-state index in [4.69, 9.17) is 0 Å². The number of aryl methyl sites for hydroxylation is 1. The van der Waals surface area contributed by atoms with Gasteiger partial charge in [0.1, 0.15) is 0 Å². The fourth-order valence-electron chi connectivity index (χ4n) is 2.39. The summed E-state index contributed by atoms with van der Waals surface area (Å²) in [6.07, 6.45) is 2.51. The van der Waals surface area contributed by atoms with Crippen LogP contribution in [0.3, 0.4) is 0 Å². The summed E-state index contributed by atoms with van der Waals surface area (Å²) in [6, 6.07) is 5.77. The number of hydrogen-bond acceptors (Lipinski definition) is 2. The Kier molecular flexibility index (Phi) is 4.61. The Bertz CT molecular complexity index is 447.